The van der Waals surface area contributed by atoms with E-state index in [2.05, 4.69) is 25.9 Å². The molecule has 2 heterocycles. The van der Waals surface area contributed by atoms with Gasteiger partial charge in [-0.1, -0.05) is 18.2 Å². The molecule has 0 saturated carbocycles. The number of amides is 2. The lowest BCUT2D eigenvalue weighted by Crippen LogP contribution is -2.41. The Balaban J connectivity index is 1.44. The summed E-state index contributed by atoms with van der Waals surface area (Å²) in [6.07, 6.45) is 6.13. The van der Waals surface area contributed by atoms with Crippen molar-refractivity contribution in [2.45, 2.75) is 32.2 Å². The zero-order chi connectivity index (χ0) is 17.2. The van der Waals surface area contributed by atoms with Gasteiger partial charge < -0.3 is 5.32 Å². The van der Waals surface area contributed by atoms with Crippen LogP contribution < -0.4 is 10.6 Å². The second-order valence-corrected chi connectivity index (χ2v) is 6.33. The third kappa shape index (κ3) is 3.13. The van der Waals surface area contributed by atoms with E-state index in [1.54, 1.807) is 16.9 Å². The van der Waals surface area contributed by atoms with Crippen molar-refractivity contribution in [1.82, 2.24) is 25.3 Å². The van der Waals surface area contributed by atoms with Gasteiger partial charge in [-0.15, -0.1) is 0 Å². The zero-order valence-electron chi connectivity index (χ0n) is 14.0. The van der Waals surface area contributed by atoms with Crippen molar-refractivity contribution >= 4 is 11.8 Å². The topological polar surface area (TPSA) is 87.6 Å². The molecule has 0 fully saturated rings. The van der Waals surface area contributed by atoms with E-state index in [9.17, 15) is 4.79 Å². The van der Waals surface area contributed by atoms with Crippen LogP contribution in [0.1, 0.15) is 23.2 Å². The molecule has 7 heteroatoms. The van der Waals surface area contributed by atoms with E-state index in [4.69, 9.17) is 0 Å². The number of para-hydroxylation sites is 1. The summed E-state index contributed by atoms with van der Waals surface area (Å²) in [5.41, 5.74) is 4.40. The maximum Gasteiger partial charge on any atom is 0.320 e. The number of H-pyrrole nitrogens is 1. The van der Waals surface area contributed by atoms with E-state index in [1.165, 1.54) is 11.3 Å². The van der Waals surface area contributed by atoms with Gasteiger partial charge in [0.15, 0.2) is 0 Å². The molecule has 3 N–H and O–H groups in total. The summed E-state index contributed by atoms with van der Waals surface area (Å²) >= 11 is 0. The molecule has 25 heavy (non-hydrogen) atoms. The van der Waals surface area contributed by atoms with Crippen LogP contribution in [0.15, 0.2) is 42.7 Å². The molecule has 4 rings (SSSR count). The highest BCUT2D eigenvalue weighted by Crippen LogP contribution is 2.20. The van der Waals surface area contributed by atoms with Gasteiger partial charge in [-0.3, -0.25) is 10.4 Å². The number of carbonyl (C=O) groups is 1. The Labute approximate surface area is 145 Å². The molecule has 2 amide bonds. The van der Waals surface area contributed by atoms with Gasteiger partial charge in [0, 0.05) is 17.8 Å². The standard InChI is InChI=1S/C18H20N6O/c1-12-4-2-3-5-16(12)24-17(8-9-20-24)22-18(25)21-14-6-7-15-13(10-14)11-19-23-15/h2-5,8-9,11,14H,6-7,10H2,1H3,(H,19,23)(H2,21,22,25)/t14-/m0/s1. The minimum Gasteiger partial charge on any atom is -0.335 e. The highest BCUT2D eigenvalue weighted by molar-refractivity contribution is 5.88. The Hall–Kier alpha value is -3.09. The van der Waals surface area contributed by atoms with Gasteiger partial charge >= 0.3 is 6.03 Å². The second kappa shape index (κ2) is 6.43. The van der Waals surface area contributed by atoms with E-state index in [0.29, 0.717) is 5.82 Å². The molecule has 0 aliphatic heterocycles. The SMILES string of the molecule is Cc1ccccc1-n1nccc1NC(=O)N[C@H]1CCc2[nH]ncc2C1. The van der Waals surface area contributed by atoms with Gasteiger partial charge in [0.05, 0.1) is 18.1 Å². The van der Waals surface area contributed by atoms with Crippen molar-refractivity contribution in [3.05, 3.63) is 59.5 Å². The molecule has 1 aliphatic rings. The van der Waals surface area contributed by atoms with Crippen LogP contribution in [0.25, 0.3) is 5.69 Å². The molecule has 2 aromatic heterocycles. The molecule has 1 aromatic carbocycles. The highest BCUT2D eigenvalue weighted by Gasteiger charge is 2.22. The third-order valence-electron chi connectivity index (χ3n) is 4.58. The summed E-state index contributed by atoms with van der Waals surface area (Å²) in [7, 11) is 0. The largest absolute Gasteiger partial charge is 0.335 e. The van der Waals surface area contributed by atoms with E-state index in [1.807, 2.05) is 37.4 Å². The number of nitrogens with one attached hydrogen (secondary N) is 3. The van der Waals surface area contributed by atoms with Crippen LogP contribution in [0.3, 0.4) is 0 Å². The number of rotatable bonds is 3. The number of fused-ring (bicyclic) bond motifs is 1. The quantitative estimate of drug-likeness (QED) is 0.687. The summed E-state index contributed by atoms with van der Waals surface area (Å²) in [5.74, 6) is 0.645. The number of carbonyl (C=O) groups excluding carboxylic acids is 1. The lowest BCUT2D eigenvalue weighted by molar-refractivity contribution is 0.247. The van der Waals surface area contributed by atoms with Crippen molar-refractivity contribution in [3.63, 3.8) is 0 Å². The normalized spacial score (nSPS) is 16.3. The number of aryl methyl sites for hydroxylation is 2. The van der Waals surface area contributed by atoms with Gasteiger partial charge in [0.1, 0.15) is 5.82 Å². The van der Waals surface area contributed by atoms with Crippen molar-refractivity contribution in [2.75, 3.05) is 5.32 Å². The van der Waals surface area contributed by atoms with E-state index in [-0.39, 0.29) is 12.1 Å². The average Bonchev–Trinajstić information content (AvgIpc) is 3.24. The molecule has 128 valence electrons. The third-order valence-corrected chi connectivity index (χ3v) is 4.58. The predicted octanol–water partition coefficient (Wildman–Crippen LogP) is 2.58. The summed E-state index contributed by atoms with van der Waals surface area (Å²) in [4.78, 5) is 12.4. The fraction of sp³-hybridized carbons (Fsp3) is 0.278. The first-order valence-corrected chi connectivity index (χ1v) is 8.39. The Bertz CT molecular complexity index is 896. The van der Waals surface area contributed by atoms with Gasteiger partial charge in [-0.2, -0.15) is 10.2 Å². The number of anilines is 1. The Kier molecular flexibility index (Phi) is 3.97. The smallest absolute Gasteiger partial charge is 0.320 e. The fourth-order valence-electron chi connectivity index (χ4n) is 3.27. The number of hydrogen-bond donors (Lipinski definition) is 3. The molecule has 0 radical (unpaired) electrons. The summed E-state index contributed by atoms with van der Waals surface area (Å²) in [6.45, 7) is 2.02. The molecule has 1 atom stereocenters. The summed E-state index contributed by atoms with van der Waals surface area (Å²) in [5, 5.41) is 17.4. The summed E-state index contributed by atoms with van der Waals surface area (Å²) in [6, 6.07) is 9.62. The molecule has 0 unspecified atom stereocenters. The minimum atomic E-state index is -0.215. The zero-order valence-corrected chi connectivity index (χ0v) is 14.0. The van der Waals surface area contributed by atoms with Crippen molar-refractivity contribution in [2.24, 2.45) is 0 Å². The van der Waals surface area contributed by atoms with Crippen LogP contribution in [0.5, 0.6) is 0 Å². The second-order valence-electron chi connectivity index (χ2n) is 6.33. The fourth-order valence-corrected chi connectivity index (χ4v) is 3.27. The number of aromatic amines is 1. The van der Waals surface area contributed by atoms with Crippen LogP contribution in [0.2, 0.25) is 0 Å². The first-order chi connectivity index (χ1) is 12.2. The molecule has 7 nitrogen and oxygen atoms in total. The van der Waals surface area contributed by atoms with Crippen molar-refractivity contribution < 1.29 is 4.79 Å². The van der Waals surface area contributed by atoms with Gasteiger partial charge in [-0.25, -0.2) is 9.48 Å². The van der Waals surface area contributed by atoms with Gasteiger partial charge in [0.2, 0.25) is 0 Å². The molecular formula is C18H20N6O. The van der Waals surface area contributed by atoms with Crippen LogP contribution >= 0.6 is 0 Å². The van der Waals surface area contributed by atoms with Crippen molar-refractivity contribution in [1.29, 1.82) is 0 Å². The number of nitrogens with zero attached hydrogens (tertiary/aromatic N) is 3. The first-order valence-electron chi connectivity index (χ1n) is 8.39. The Morgan fingerprint density at radius 3 is 3.08 bits per heavy atom. The summed E-state index contributed by atoms with van der Waals surface area (Å²) < 4.78 is 1.74. The maximum atomic E-state index is 12.4. The maximum absolute atomic E-state index is 12.4. The van der Waals surface area contributed by atoms with Crippen molar-refractivity contribution in [3.8, 4) is 5.69 Å². The Morgan fingerprint density at radius 2 is 2.20 bits per heavy atom. The molecule has 1 aliphatic carbocycles. The van der Waals surface area contributed by atoms with Gasteiger partial charge in [-0.05, 0) is 43.4 Å². The molecule has 0 saturated heterocycles. The first kappa shape index (κ1) is 15.4. The number of aromatic nitrogens is 4. The van der Waals surface area contributed by atoms with E-state index >= 15 is 0 Å². The van der Waals surface area contributed by atoms with Crippen LogP contribution in [-0.2, 0) is 12.8 Å². The Morgan fingerprint density at radius 1 is 1.32 bits per heavy atom. The molecule has 0 spiro atoms. The molecular weight excluding hydrogens is 316 g/mol. The molecule has 0 bridgehead atoms. The minimum absolute atomic E-state index is 0.111. The monoisotopic (exact) mass is 336 g/mol. The predicted molar refractivity (Wildman–Crippen MR) is 94.9 cm³/mol. The molecule has 3 aromatic rings. The van der Waals surface area contributed by atoms with E-state index < -0.39 is 0 Å². The van der Waals surface area contributed by atoms with Gasteiger partial charge in [0.25, 0.3) is 0 Å². The number of hydrogen-bond acceptors (Lipinski definition) is 3. The lowest BCUT2D eigenvalue weighted by atomic mass is 9.94. The van der Waals surface area contributed by atoms with Crippen LogP contribution in [0.4, 0.5) is 10.6 Å². The van der Waals surface area contributed by atoms with E-state index in [0.717, 1.165) is 30.5 Å². The van der Waals surface area contributed by atoms with Crippen LogP contribution in [-0.4, -0.2) is 32.1 Å². The van der Waals surface area contributed by atoms with Crippen LogP contribution in [0, 0.1) is 6.92 Å². The number of urea groups is 1. The average molecular weight is 336 g/mol. The number of benzene rings is 1. The lowest BCUT2D eigenvalue weighted by Gasteiger charge is -2.23. The highest BCUT2D eigenvalue weighted by atomic mass is 16.2.